The lowest BCUT2D eigenvalue weighted by atomic mass is 9.73. The molecule has 0 bridgehead atoms. The van der Waals surface area contributed by atoms with E-state index in [1.807, 2.05) is 6.07 Å². The van der Waals surface area contributed by atoms with Crippen LogP contribution in [0.3, 0.4) is 0 Å². The van der Waals surface area contributed by atoms with Gasteiger partial charge in [0.15, 0.2) is 0 Å². The summed E-state index contributed by atoms with van der Waals surface area (Å²) in [4.78, 5) is 24.6. The lowest BCUT2D eigenvalue weighted by Crippen LogP contribution is -2.53. The van der Waals surface area contributed by atoms with Crippen LogP contribution in [0.25, 0.3) is 5.57 Å². The predicted octanol–water partition coefficient (Wildman–Crippen LogP) is 4.42. The number of ether oxygens (including phenoxy) is 1. The van der Waals surface area contributed by atoms with Crippen LogP contribution in [0, 0.1) is 11.3 Å². The lowest BCUT2D eigenvalue weighted by molar-refractivity contribution is -0.161. The van der Waals surface area contributed by atoms with Crippen LogP contribution in [-0.2, 0) is 14.3 Å². The molecule has 0 aromatic heterocycles. The van der Waals surface area contributed by atoms with E-state index in [0.29, 0.717) is 36.8 Å². The first-order valence-electron chi connectivity index (χ1n) is 11.6. The second kappa shape index (κ2) is 8.63. The molecule has 2 fully saturated rings. The fourth-order valence-electron chi connectivity index (χ4n) is 4.60. The molecule has 2 N–H and O–H groups in total. The number of esters is 1. The first-order valence-corrected chi connectivity index (χ1v) is 11.6. The van der Waals surface area contributed by atoms with Gasteiger partial charge in [0.2, 0.25) is 5.91 Å². The number of amides is 1. The van der Waals surface area contributed by atoms with Gasteiger partial charge >= 0.3 is 12.1 Å². The summed E-state index contributed by atoms with van der Waals surface area (Å²) in [6.07, 6.45) is -0.903. The third-order valence-electron chi connectivity index (χ3n) is 6.79. The molecule has 1 aromatic carbocycles. The number of carbonyl (C=O) groups is 2. The lowest BCUT2D eigenvalue weighted by Gasteiger charge is -2.39. The molecule has 0 radical (unpaired) electrons. The number of nitriles is 1. The molecule has 1 amide bonds. The molecule has 0 unspecified atom stereocenters. The van der Waals surface area contributed by atoms with Gasteiger partial charge in [-0.2, -0.15) is 18.4 Å². The molecule has 6 nitrogen and oxygen atoms in total. The van der Waals surface area contributed by atoms with Gasteiger partial charge in [-0.05, 0) is 57.1 Å². The number of hydrogen-bond acceptors (Lipinski definition) is 5. The molecule has 10 heteroatoms. The molecule has 2 saturated carbocycles. The van der Waals surface area contributed by atoms with Crippen LogP contribution in [-0.4, -0.2) is 40.9 Å². The number of carbonyl (C=O) groups excluding carboxylic acids is 2. The molecule has 4 rings (SSSR count). The van der Waals surface area contributed by atoms with Gasteiger partial charge in [-0.1, -0.05) is 24.3 Å². The molecular weight excluding hydrogens is 466 g/mol. The normalized spacial score (nSPS) is 21.9. The number of rotatable bonds is 8. The van der Waals surface area contributed by atoms with Gasteiger partial charge in [-0.3, -0.25) is 10.1 Å². The Morgan fingerprint density at radius 1 is 1.14 bits per heavy atom. The molecule has 1 spiro atoms. The van der Waals surface area contributed by atoms with Gasteiger partial charge in [-0.25, -0.2) is 9.18 Å². The molecule has 1 heterocycles. The highest BCUT2D eigenvalue weighted by atomic mass is 19.4. The van der Waals surface area contributed by atoms with Crippen molar-refractivity contribution in [2.75, 3.05) is 0 Å². The summed E-state index contributed by atoms with van der Waals surface area (Å²) >= 11 is 0. The number of benzene rings is 1. The smallest absolute Gasteiger partial charge is 0.407 e. The largest absolute Gasteiger partial charge is 0.451 e. The highest BCUT2D eigenvalue weighted by molar-refractivity contribution is 5.99. The van der Waals surface area contributed by atoms with Crippen LogP contribution < -0.4 is 10.6 Å². The van der Waals surface area contributed by atoms with Crippen molar-refractivity contribution in [1.29, 1.82) is 5.26 Å². The van der Waals surface area contributed by atoms with E-state index in [9.17, 15) is 32.4 Å². The number of hydrogen-bond donors (Lipinski definition) is 2. The van der Waals surface area contributed by atoms with Crippen molar-refractivity contribution in [2.45, 2.75) is 87.4 Å². The Morgan fingerprint density at radius 2 is 1.77 bits per heavy atom. The number of alkyl halides is 4. The summed E-state index contributed by atoms with van der Waals surface area (Å²) in [5.41, 5.74) is -2.65. The second-order valence-electron chi connectivity index (χ2n) is 10.2. The summed E-state index contributed by atoms with van der Waals surface area (Å²) in [7, 11) is 0. The minimum Gasteiger partial charge on any atom is -0.451 e. The molecule has 1 aliphatic heterocycles. The van der Waals surface area contributed by atoms with Crippen molar-refractivity contribution in [2.24, 2.45) is 0 Å². The van der Waals surface area contributed by atoms with Gasteiger partial charge in [0.05, 0.1) is 12.1 Å². The third kappa shape index (κ3) is 5.35. The third-order valence-corrected chi connectivity index (χ3v) is 6.79. The highest BCUT2D eigenvalue weighted by Gasteiger charge is 2.50. The Balaban J connectivity index is 1.58. The zero-order valence-corrected chi connectivity index (χ0v) is 19.5. The Morgan fingerprint density at radius 3 is 2.23 bits per heavy atom. The summed E-state index contributed by atoms with van der Waals surface area (Å²) in [6.45, 7) is 2.36. The Bertz CT molecular complexity index is 1080. The van der Waals surface area contributed by atoms with E-state index >= 15 is 0 Å². The molecular formula is C25H27F4N3O3. The first kappa shape index (κ1) is 25.2. The number of nitrogens with one attached hydrogen (secondary N) is 2. The van der Waals surface area contributed by atoms with E-state index in [1.165, 1.54) is 44.2 Å². The van der Waals surface area contributed by atoms with E-state index in [4.69, 9.17) is 4.74 Å². The van der Waals surface area contributed by atoms with Crippen LogP contribution in [0.5, 0.6) is 0 Å². The van der Waals surface area contributed by atoms with E-state index in [1.54, 1.807) is 0 Å². The molecule has 188 valence electrons. The molecule has 1 aromatic rings. The summed E-state index contributed by atoms with van der Waals surface area (Å²) < 4.78 is 62.2. The maximum atomic E-state index is 14.4. The molecule has 2 aliphatic carbocycles. The van der Waals surface area contributed by atoms with Gasteiger partial charge < -0.3 is 10.1 Å². The van der Waals surface area contributed by atoms with Crippen molar-refractivity contribution < 1.29 is 31.9 Å². The zero-order chi connectivity index (χ0) is 25.6. The summed E-state index contributed by atoms with van der Waals surface area (Å²) in [5.74, 6) is -1.31. The maximum absolute atomic E-state index is 14.4. The van der Waals surface area contributed by atoms with E-state index < -0.39 is 53.4 Å². The van der Waals surface area contributed by atoms with Crippen molar-refractivity contribution in [3.63, 3.8) is 0 Å². The van der Waals surface area contributed by atoms with Crippen LogP contribution in [0.2, 0.25) is 0 Å². The fourth-order valence-corrected chi connectivity index (χ4v) is 4.60. The Kier molecular flexibility index (Phi) is 6.20. The second-order valence-corrected chi connectivity index (χ2v) is 10.2. The SMILES string of the molecule is CC(C)(F)C[C@H](N[C@@H](c1ccc(C2=CC(=O)OC23CCC3)cc1)C(F)(F)F)C(=O)NC1(C#N)CC1. The van der Waals surface area contributed by atoms with Crippen LogP contribution in [0.15, 0.2) is 30.3 Å². The van der Waals surface area contributed by atoms with Gasteiger partial charge in [0, 0.05) is 18.1 Å². The van der Waals surface area contributed by atoms with Crippen LogP contribution in [0.4, 0.5) is 17.6 Å². The Hall–Kier alpha value is -2.93. The van der Waals surface area contributed by atoms with Crippen molar-refractivity contribution in [3.05, 3.63) is 41.5 Å². The predicted molar refractivity (Wildman–Crippen MR) is 118 cm³/mol. The van der Waals surface area contributed by atoms with Gasteiger partial charge in [0.1, 0.15) is 22.9 Å². The minimum absolute atomic E-state index is 0.161. The first-order chi connectivity index (χ1) is 16.3. The zero-order valence-electron chi connectivity index (χ0n) is 19.5. The highest BCUT2D eigenvalue weighted by Crippen LogP contribution is 2.49. The number of halogens is 4. The summed E-state index contributed by atoms with van der Waals surface area (Å²) in [5, 5.41) is 14.0. The van der Waals surface area contributed by atoms with Crippen molar-refractivity contribution >= 4 is 17.4 Å². The van der Waals surface area contributed by atoms with Crippen LogP contribution in [0.1, 0.15) is 69.5 Å². The van der Waals surface area contributed by atoms with Gasteiger partial charge in [0.25, 0.3) is 0 Å². The Labute approximate surface area is 200 Å². The monoisotopic (exact) mass is 493 g/mol. The average Bonchev–Trinajstić information content (AvgIpc) is 3.41. The van der Waals surface area contributed by atoms with Crippen LogP contribution >= 0.6 is 0 Å². The topological polar surface area (TPSA) is 91.2 Å². The van der Waals surface area contributed by atoms with E-state index in [-0.39, 0.29) is 5.56 Å². The van der Waals surface area contributed by atoms with E-state index in [0.717, 1.165) is 6.42 Å². The van der Waals surface area contributed by atoms with Crippen molar-refractivity contribution in [3.8, 4) is 6.07 Å². The standard InChI is InChI=1S/C25H27F4N3O3/c1-22(2,26)13-18(21(34)32-23(14-30)10-11-23)31-20(25(27,28)29)16-6-4-15(5-7-16)17-12-19(33)35-24(17)8-3-9-24/h4-7,12,18,20,31H,3,8-11,13H2,1-2H3,(H,32,34)/t18-,20-/m0/s1. The van der Waals surface area contributed by atoms with Crippen molar-refractivity contribution in [1.82, 2.24) is 10.6 Å². The quantitative estimate of drug-likeness (QED) is 0.413. The average molecular weight is 494 g/mol. The maximum Gasteiger partial charge on any atom is 0.407 e. The number of nitrogens with zero attached hydrogens (tertiary/aromatic N) is 1. The molecule has 3 aliphatic rings. The molecule has 2 atom stereocenters. The fraction of sp³-hybridized carbons (Fsp3) is 0.560. The molecule has 35 heavy (non-hydrogen) atoms. The summed E-state index contributed by atoms with van der Waals surface area (Å²) in [6, 6.07) is 3.73. The van der Waals surface area contributed by atoms with Gasteiger partial charge in [-0.15, -0.1) is 0 Å². The molecule has 0 saturated heterocycles. The van der Waals surface area contributed by atoms with E-state index in [2.05, 4.69) is 10.6 Å². The minimum atomic E-state index is -4.78.